The van der Waals surface area contributed by atoms with Gasteiger partial charge in [-0.15, -0.1) is 0 Å². The zero-order chi connectivity index (χ0) is 13.1. The fraction of sp³-hybridized carbons (Fsp3) is 0.300. The normalized spacial score (nSPS) is 11.4. The second-order valence-electron chi connectivity index (χ2n) is 3.28. The first-order chi connectivity index (χ1) is 7.84. The topological polar surface area (TPSA) is 55.1 Å². The van der Waals surface area contributed by atoms with Gasteiger partial charge in [0.1, 0.15) is 0 Å². The number of halogens is 4. The summed E-state index contributed by atoms with van der Waals surface area (Å²) >= 11 is 5.43. The van der Waals surface area contributed by atoms with E-state index in [1.165, 1.54) is 6.07 Å². The molecule has 7 heteroatoms. The van der Waals surface area contributed by atoms with Crippen molar-refractivity contribution >= 4 is 23.2 Å². The van der Waals surface area contributed by atoms with Gasteiger partial charge in [0.2, 0.25) is 5.91 Å². The molecule has 0 heterocycles. The zero-order valence-corrected chi connectivity index (χ0v) is 9.40. The lowest BCUT2D eigenvalue weighted by Crippen LogP contribution is -2.16. The van der Waals surface area contributed by atoms with E-state index in [0.717, 1.165) is 12.1 Å². The molecule has 3 nitrogen and oxygen atoms in total. The van der Waals surface area contributed by atoms with Crippen molar-refractivity contribution < 1.29 is 18.0 Å². The molecule has 3 N–H and O–H groups in total. The zero-order valence-electron chi connectivity index (χ0n) is 8.64. The molecule has 17 heavy (non-hydrogen) atoms. The van der Waals surface area contributed by atoms with E-state index in [2.05, 4.69) is 5.32 Å². The first-order valence-electron chi connectivity index (χ1n) is 4.71. The summed E-state index contributed by atoms with van der Waals surface area (Å²) < 4.78 is 37.5. The smallest absolute Gasteiger partial charge is 0.330 e. The summed E-state index contributed by atoms with van der Waals surface area (Å²) in [5.41, 5.74) is 4.20. The SMILES string of the molecule is NCCC(=O)Nc1ccc(Cl)c(C(F)(F)F)c1. The highest BCUT2D eigenvalue weighted by molar-refractivity contribution is 6.31. The molecule has 1 amide bonds. The number of nitrogens with two attached hydrogens (primary N) is 1. The van der Waals surface area contributed by atoms with Crippen LogP contribution in [0.15, 0.2) is 18.2 Å². The lowest BCUT2D eigenvalue weighted by atomic mass is 10.2. The van der Waals surface area contributed by atoms with Crippen molar-refractivity contribution in [3.63, 3.8) is 0 Å². The summed E-state index contributed by atoms with van der Waals surface area (Å²) in [6.45, 7) is 0.131. The molecule has 0 unspecified atom stereocenters. The van der Waals surface area contributed by atoms with Crippen molar-refractivity contribution in [3.05, 3.63) is 28.8 Å². The lowest BCUT2D eigenvalue weighted by Gasteiger charge is -2.11. The van der Waals surface area contributed by atoms with Crippen molar-refractivity contribution in [1.29, 1.82) is 0 Å². The van der Waals surface area contributed by atoms with Crippen molar-refractivity contribution in [3.8, 4) is 0 Å². The molecular weight excluding hydrogens is 257 g/mol. The highest BCUT2D eigenvalue weighted by Gasteiger charge is 2.33. The molecule has 0 aliphatic carbocycles. The summed E-state index contributed by atoms with van der Waals surface area (Å²) in [6, 6.07) is 3.17. The van der Waals surface area contributed by atoms with E-state index in [0.29, 0.717) is 0 Å². The molecule has 0 bridgehead atoms. The Morgan fingerprint density at radius 3 is 2.59 bits per heavy atom. The first kappa shape index (κ1) is 13.8. The molecular formula is C10H10ClF3N2O. The van der Waals surface area contributed by atoms with Gasteiger partial charge in [0, 0.05) is 18.7 Å². The molecule has 0 aliphatic rings. The second kappa shape index (κ2) is 5.37. The average molecular weight is 267 g/mol. The van der Waals surface area contributed by atoms with E-state index < -0.39 is 22.7 Å². The van der Waals surface area contributed by atoms with Gasteiger partial charge in [-0.25, -0.2) is 0 Å². The van der Waals surface area contributed by atoms with Gasteiger partial charge in [0.25, 0.3) is 0 Å². The number of benzene rings is 1. The van der Waals surface area contributed by atoms with Crippen LogP contribution in [0.4, 0.5) is 18.9 Å². The summed E-state index contributed by atoms with van der Waals surface area (Å²) in [5, 5.41) is 1.90. The number of carbonyl (C=O) groups is 1. The van der Waals surface area contributed by atoms with Gasteiger partial charge in [0.05, 0.1) is 10.6 Å². The van der Waals surface area contributed by atoms with Crippen LogP contribution in [0.5, 0.6) is 0 Å². The third-order valence-electron chi connectivity index (χ3n) is 1.93. The van der Waals surface area contributed by atoms with Gasteiger partial charge in [-0.3, -0.25) is 4.79 Å². The van der Waals surface area contributed by atoms with Crippen LogP contribution in [-0.2, 0) is 11.0 Å². The lowest BCUT2D eigenvalue weighted by molar-refractivity contribution is -0.137. The first-order valence-corrected chi connectivity index (χ1v) is 5.09. The third-order valence-corrected chi connectivity index (χ3v) is 2.26. The standard InChI is InChI=1S/C10H10ClF3N2O/c11-8-2-1-6(16-9(17)3-4-15)5-7(8)10(12,13)14/h1-2,5H,3-4,15H2,(H,16,17). The molecule has 1 aromatic carbocycles. The number of carbonyl (C=O) groups excluding carboxylic acids is 1. The van der Waals surface area contributed by atoms with Gasteiger partial charge < -0.3 is 11.1 Å². The Hall–Kier alpha value is -1.27. The minimum Gasteiger partial charge on any atom is -0.330 e. The minimum atomic E-state index is -4.55. The molecule has 0 saturated carbocycles. The van der Waals surface area contributed by atoms with Gasteiger partial charge >= 0.3 is 6.18 Å². The number of amides is 1. The fourth-order valence-corrected chi connectivity index (χ4v) is 1.40. The van der Waals surface area contributed by atoms with Crippen LogP contribution in [0.25, 0.3) is 0 Å². The monoisotopic (exact) mass is 266 g/mol. The maximum Gasteiger partial charge on any atom is 0.417 e. The Balaban J connectivity index is 2.93. The predicted molar refractivity (Wildman–Crippen MR) is 58.8 cm³/mol. The quantitative estimate of drug-likeness (QED) is 0.884. The molecule has 94 valence electrons. The third kappa shape index (κ3) is 3.90. The molecule has 0 fully saturated rings. The Morgan fingerprint density at radius 1 is 1.41 bits per heavy atom. The average Bonchev–Trinajstić information content (AvgIpc) is 2.19. The summed E-state index contributed by atoms with van der Waals surface area (Å²) in [4.78, 5) is 11.2. The van der Waals surface area contributed by atoms with Crippen LogP contribution in [0.1, 0.15) is 12.0 Å². The van der Waals surface area contributed by atoms with Crippen LogP contribution < -0.4 is 11.1 Å². The minimum absolute atomic E-state index is 0.0418. The largest absolute Gasteiger partial charge is 0.417 e. The van der Waals surface area contributed by atoms with E-state index in [1.54, 1.807) is 0 Å². The van der Waals surface area contributed by atoms with Gasteiger partial charge in [-0.1, -0.05) is 11.6 Å². The number of anilines is 1. The Morgan fingerprint density at radius 2 is 2.06 bits per heavy atom. The van der Waals surface area contributed by atoms with Gasteiger partial charge in [-0.2, -0.15) is 13.2 Å². The molecule has 0 spiro atoms. The predicted octanol–water partition coefficient (Wildman–Crippen LogP) is 2.65. The Labute approximate surface area is 101 Å². The number of alkyl halides is 3. The van der Waals surface area contributed by atoms with Crippen LogP contribution >= 0.6 is 11.6 Å². The van der Waals surface area contributed by atoms with E-state index in [9.17, 15) is 18.0 Å². The Bertz CT molecular complexity index is 421. The Kier molecular flexibility index (Phi) is 4.36. The number of nitrogens with one attached hydrogen (secondary N) is 1. The number of hydrogen-bond donors (Lipinski definition) is 2. The molecule has 0 aromatic heterocycles. The number of hydrogen-bond acceptors (Lipinski definition) is 2. The van der Waals surface area contributed by atoms with Crippen molar-refractivity contribution in [2.24, 2.45) is 5.73 Å². The van der Waals surface area contributed by atoms with Crippen molar-refractivity contribution in [2.45, 2.75) is 12.6 Å². The number of rotatable bonds is 3. The van der Waals surface area contributed by atoms with E-state index in [4.69, 9.17) is 17.3 Å². The van der Waals surface area contributed by atoms with Crippen LogP contribution in [0, 0.1) is 0 Å². The van der Waals surface area contributed by atoms with Gasteiger partial charge in [0.15, 0.2) is 0 Å². The molecule has 0 aliphatic heterocycles. The molecule has 0 saturated heterocycles. The highest BCUT2D eigenvalue weighted by Crippen LogP contribution is 2.36. The van der Waals surface area contributed by atoms with Crippen molar-refractivity contribution in [2.75, 3.05) is 11.9 Å². The molecule has 0 radical (unpaired) electrons. The highest BCUT2D eigenvalue weighted by atomic mass is 35.5. The maximum atomic E-state index is 12.5. The molecule has 1 rings (SSSR count). The van der Waals surface area contributed by atoms with Crippen LogP contribution in [0.3, 0.4) is 0 Å². The molecule has 0 atom stereocenters. The fourth-order valence-electron chi connectivity index (χ4n) is 1.17. The summed E-state index contributed by atoms with van der Waals surface area (Å²) in [7, 11) is 0. The van der Waals surface area contributed by atoms with Crippen LogP contribution in [-0.4, -0.2) is 12.5 Å². The van der Waals surface area contributed by atoms with Crippen molar-refractivity contribution in [1.82, 2.24) is 0 Å². The van der Waals surface area contributed by atoms with E-state index in [1.807, 2.05) is 0 Å². The summed E-state index contributed by atoms with van der Waals surface area (Å²) in [5.74, 6) is -0.442. The maximum absolute atomic E-state index is 12.5. The second-order valence-corrected chi connectivity index (χ2v) is 3.69. The summed E-state index contributed by atoms with van der Waals surface area (Å²) in [6.07, 6.45) is -4.50. The molecule has 1 aromatic rings. The van der Waals surface area contributed by atoms with Gasteiger partial charge in [-0.05, 0) is 18.2 Å². The van der Waals surface area contributed by atoms with E-state index >= 15 is 0 Å². The van der Waals surface area contributed by atoms with E-state index in [-0.39, 0.29) is 18.7 Å². The van der Waals surface area contributed by atoms with Crippen LogP contribution in [0.2, 0.25) is 5.02 Å².